The van der Waals surface area contributed by atoms with Crippen molar-refractivity contribution in [3.63, 3.8) is 0 Å². The zero-order valence-corrected chi connectivity index (χ0v) is 13.5. The monoisotopic (exact) mass is 346 g/mol. The van der Waals surface area contributed by atoms with Crippen molar-refractivity contribution in [3.05, 3.63) is 70.0 Å². The summed E-state index contributed by atoms with van der Waals surface area (Å²) in [6, 6.07) is 11.0. The van der Waals surface area contributed by atoms with Gasteiger partial charge < -0.3 is 0 Å². The number of nitro groups is 1. The molecule has 2 aromatic heterocycles. The van der Waals surface area contributed by atoms with Crippen molar-refractivity contribution in [2.75, 3.05) is 0 Å². The number of benzene rings is 1. The summed E-state index contributed by atoms with van der Waals surface area (Å²) >= 11 is 0. The van der Waals surface area contributed by atoms with E-state index in [2.05, 4.69) is 9.82 Å². The first-order valence-corrected chi connectivity index (χ1v) is 8.53. The number of hydrogen-bond donors (Lipinski definition) is 1. The van der Waals surface area contributed by atoms with Crippen molar-refractivity contribution in [1.82, 2.24) is 14.3 Å². The van der Waals surface area contributed by atoms with E-state index in [-0.39, 0.29) is 17.1 Å². The fraction of sp³-hybridized carbons (Fsp3) is 0.133. The van der Waals surface area contributed by atoms with Crippen LogP contribution < -0.4 is 4.72 Å². The van der Waals surface area contributed by atoms with Gasteiger partial charge in [0.25, 0.3) is 5.69 Å². The summed E-state index contributed by atoms with van der Waals surface area (Å²) in [6.07, 6.45) is 1.76. The summed E-state index contributed by atoms with van der Waals surface area (Å²) in [6.45, 7) is 1.58. The van der Waals surface area contributed by atoms with Gasteiger partial charge in [-0.25, -0.2) is 17.7 Å². The van der Waals surface area contributed by atoms with Gasteiger partial charge in [0.05, 0.1) is 27.6 Å². The van der Waals surface area contributed by atoms with E-state index < -0.39 is 14.9 Å². The van der Waals surface area contributed by atoms with Crippen LogP contribution in [0, 0.1) is 17.0 Å². The van der Waals surface area contributed by atoms with Crippen molar-refractivity contribution >= 4 is 21.2 Å². The van der Waals surface area contributed by atoms with Crippen molar-refractivity contribution in [1.29, 1.82) is 0 Å². The highest BCUT2D eigenvalue weighted by Gasteiger charge is 2.20. The Morgan fingerprint density at radius 2 is 2.04 bits per heavy atom. The highest BCUT2D eigenvalue weighted by molar-refractivity contribution is 7.89. The van der Waals surface area contributed by atoms with Gasteiger partial charge in [-0.2, -0.15) is 5.10 Å². The van der Waals surface area contributed by atoms with Crippen molar-refractivity contribution < 1.29 is 13.3 Å². The predicted molar refractivity (Wildman–Crippen MR) is 87.1 cm³/mol. The molecule has 0 fully saturated rings. The van der Waals surface area contributed by atoms with Gasteiger partial charge >= 0.3 is 0 Å². The van der Waals surface area contributed by atoms with E-state index in [1.165, 1.54) is 12.1 Å². The largest absolute Gasteiger partial charge is 0.270 e. The molecule has 0 radical (unpaired) electrons. The maximum absolute atomic E-state index is 12.4. The van der Waals surface area contributed by atoms with E-state index in [1.807, 2.05) is 18.2 Å². The van der Waals surface area contributed by atoms with Gasteiger partial charge in [0.15, 0.2) is 0 Å². The lowest BCUT2D eigenvalue weighted by atomic mass is 10.2. The molecule has 1 aromatic carbocycles. The van der Waals surface area contributed by atoms with Gasteiger partial charge in [0.1, 0.15) is 0 Å². The normalized spacial score (nSPS) is 11.7. The van der Waals surface area contributed by atoms with E-state index in [0.29, 0.717) is 11.3 Å². The van der Waals surface area contributed by atoms with Gasteiger partial charge in [-0.1, -0.05) is 12.1 Å². The molecule has 24 heavy (non-hydrogen) atoms. The molecule has 1 N–H and O–H groups in total. The molecule has 2 heterocycles. The molecule has 0 aliphatic rings. The number of nitrogens with one attached hydrogen (secondary N) is 1. The molecule has 0 atom stereocenters. The summed E-state index contributed by atoms with van der Waals surface area (Å²) in [5.41, 5.74) is 1.56. The fourth-order valence-electron chi connectivity index (χ4n) is 2.32. The van der Waals surface area contributed by atoms with Gasteiger partial charge in [-0.15, -0.1) is 0 Å². The number of fused-ring (bicyclic) bond motifs is 1. The summed E-state index contributed by atoms with van der Waals surface area (Å²) < 4.78 is 29.0. The third-order valence-corrected chi connectivity index (χ3v) is 5.08. The van der Waals surface area contributed by atoms with Gasteiger partial charge in [-0.3, -0.25) is 10.1 Å². The molecule has 0 aliphatic carbocycles. The molecule has 0 unspecified atom stereocenters. The molecule has 0 spiro atoms. The lowest BCUT2D eigenvalue weighted by molar-refractivity contribution is -0.385. The number of sulfonamides is 1. The van der Waals surface area contributed by atoms with Crippen LogP contribution in [0.4, 0.5) is 5.69 Å². The summed E-state index contributed by atoms with van der Waals surface area (Å²) in [7, 11) is -3.89. The van der Waals surface area contributed by atoms with Crippen molar-refractivity contribution in [2.45, 2.75) is 18.4 Å². The molecule has 0 amide bonds. The first kappa shape index (κ1) is 16.1. The number of nitrogens with zero attached hydrogens (tertiary/aromatic N) is 3. The molecule has 0 saturated heterocycles. The van der Waals surface area contributed by atoms with Crippen molar-refractivity contribution in [3.8, 4) is 0 Å². The lowest BCUT2D eigenvalue weighted by Gasteiger charge is -2.08. The van der Waals surface area contributed by atoms with Crippen molar-refractivity contribution in [2.24, 2.45) is 0 Å². The SMILES string of the molecule is Cc1ccc([N+](=O)[O-])cc1S(=O)(=O)NCc1cc2ccccn2n1. The highest BCUT2D eigenvalue weighted by Crippen LogP contribution is 2.21. The van der Waals surface area contributed by atoms with Crippen LogP contribution in [-0.2, 0) is 16.6 Å². The molecule has 8 nitrogen and oxygen atoms in total. The highest BCUT2D eigenvalue weighted by atomic mass is 32.2. The van der Waals surface area contributed by atoms with E-state index in [1.54, 1.807) is 23.7 Å². The number of aromatic nitrogens is 2. The minimum Gasteiger partial charge on any atom is -0.258 e. The molecule has 0 aliphatic heterocycles. The van der Waals surface area contributed by atoms with Gasteiger partial charge in [0, 0.05) is 18.3 Å². The Morgan fingerprint density at radius 3 is 2.75 bits per heavy atom. The zero-order chi connectivity index (χ0) is 17.3. The Hall–Kier alpha value is -2.78. The molecule has 3 aromatic rings. The maximum atomic E-state index is 12.4. The fourth-order valence-corrected chi connectivity index (χ4v) is 3.58. The van der Waals surface area contributed by atoms with Crippen LogP contribution in [0.5, 0.6) is 0 Å². The number of aryl methyl sites for hydroxylation is 1. The Labute approximate surface area is 137 Å². The van der Waals surface area contributed by atoms with E-state index in [0.717, 1.165) is 11.6 Å². The van der Waals surface area contributed by atoms with E-state index in [4.69, 9.17) is 0 Å². The Morgan fingerprint density at radius 1 is 1.25 bits per heavy atom. The smallest absolute Gasteiger partial charge is 0.258 e. The first-order valence-electron chi connectivity index (χ1n) is 7.05. The summed E-state index contributed by atoms with van der Waals surface area (Å²) in [5.74, 6) is 0. The average Bonchev–Trinajstić information content (AvgIpc) is 2.96. The van der Waals surface area contributed by atoms with E-state index >= 15 is 0 Å². The molecule has 0 saturated carbocycles. The molecule has 3 rings (SSSR count). The second kappa shape index (κ2) is 6.02. The molecular weight excluding hydrogens is 332 g/mol. The van der Waals surface area contributed by atoms with Crippen LogP contribution in [0.15, 0.2) is 53.6 Å². The summed E-state index contributed by atoms with van der Waals surface area (Å²) in [5, 5.41) is 15.1. The predicted octanol–water partition coefficient (Wildman–Crippen LogP) is 2.03. The quantitative estimate of drug-likeness (QED) is 0.562. The molecule has 9 heteroatoms. The first-order chi connectivity index (χ1) is 11.4. The minimum atomic E-state index is -3.89. The van der Waals surface area contributed by atoms with Crippen LogP contribution in [-0.4, -0.2) is 23.0 Å². The molecule has 0 bridgehead atoms. The topological polar surface area (TPSA) is 107 Å². The number of nitro benzene ring substituents is 1. The summed E-state index contributed by atoms with van der Waals surface area (Å²) in [4.78, 5) is 10.1. The third kappa shape index (κ3) is 3.12. The third-order valence-electron chi connectivity index (χ3n) is 3.54. The Bertz CT molecular complexity index is 994. The molecule has 124 valence electrons. The molecular formula is C15H14N4O4S. The van der Waals surface area contributed by atoms with Crippen LogP contribution in [0.1, 0.15) is 11.3 Å². The van der Waals surface area contributed by atoms with Gasteiger partial charge in [-0.05, 0) is 30.7 Å². The number of rotatable bonds is 5. The van der Waals surface area contributed by atoms with Crippen LogP contribution >= 0.6 is 0 Å². The Balaban J connectivity index is 1.86. The average molecular weight is 346 g/mol. The van der Waals surface area contributed by atoms with Crippen LogP contribution in [0.3, 0.4) is 0 Å². The number of hydrogen-bond acceptors (Lipinski definition) is 5. The number of non-ortho nitro benzene ring substituents is 1. The van der Waals surface area contributed by atoms with Crippen LogP contribution in [0.25, 0.3) is 5.52 Å². The standard InChI is InChI=1S/C15H14N4O4S/c1-11-5-6-14(19(20)21)9-15(11)24(22,23)16-10-12-8-13-4-2-3-7-18(13)17-12/h2-9,16H,10H2,1H3. The Kier molecular flexibility index (Phi) is 4.04. The van der Waals surface area contributed by atoms with E-state index in [9.17, 15) is 18.5 Å². The van der Waals surface area contributed by atoms with Crippen LogP contribution in [0.2, 0.25) is 0 Å². The minimum absolute atomic E-state index is 0.00779. The second-order valence-corrected chi connectivity index (χ2v) is 6.97. The van der Waals surface area contributed by atoms with Gasteiger partial charge in [0.2, 0.25) is 10.0 Å². The zero-order valence-electron chi connectivity index (χ0n) is 12.7. The maximum Gasteiger partial charge on any atom is 0.270 e. The lowest BCUT2D eigenvalue weighted by Crippen LogP contribution is -2.24. The number of pyridine rings is 1. The second-order valence-electron chi connectivity index (χ2n) is 5.24.